The minimum absolute atomic E-state index is 0.380. The lowest BCUT2D eigenvalue weighted by Gasteiger charge is -2.19. The quantitative estimate of drug-likeness (QED) is 0.682. The van der Waals surface area contributed by atoms with E-state index in [1.165, 1.54) is 15.4 Å². The second kappa shape index (κ2) is 9.58. The molecule has 3 rings (SSSR count). The minimum atomic E-state index is 0.380. The number of hydrogen-bond acceptors (Lipinski definition) is 5. The van der Waals surface area contributed by atoms with Gasteiger partial charge in [-0.2, -0.15) is 0 Å². The molecule has 1 heterocycles. The van der Waals surface area contributed by atoms with E-state index in [9.17, 15) is 0 Å². The maximum absolute atomic E-state index is 6.03. The molecule has 0 amide bonds. The Morgan fingerprint density at radius 2 is 2.12 bits per heavy atom. The zero-order chi connectivity index (χ0) is 18.4. The van der Waals surface area contributed by atoms with E-state index in [2.05, 4.69) is 49.5 Å². The Kier molecular flexibility index (Phi) is 7.17. The van der Waals surface area contributed by atoms with Gasteiger partial charge in [0.1, 0.15) is 18.1 Å². The molecular weight excluding hydrogens is 362 g/mol. The number of methoxy groups -OCH3 is 1. The molecule has 1 aliphatic heterocycles. The van der Waals surface area contributed by atoms with E-state index in [-0.39, 0.29) is 0 Å². The first-order valence-corrected chi connectivity index (χ1v) is 11.0. The number of ether oxygens (including phenoxy) is 2. The molecule has 0 aliphatic carbocycles. The largest absolute Gasteiger partial charge is 0.496 e. The summed E-state index contributed by atoms with van der Waals surface area (Å²) in [4.78, 5) is 2.50. The highest BCUT2D eigenvalue weighted by atomic mass is 32.2. The Morgan fingerprint density at radius 1 is 1.27 bits per heavy atom. The topological polar surface area (TPSA) is 30.5 Å². The second-order valence-electron chi connectivity index (χ2n) is 6.70. The molecule has 26 heavy (non-hydrogen) atoms. The molecule has 0 bridgehead atoms. The lowest BCUT2D eigenvalue weighted by atomic mass is 10.2. The van der Waals surface area contributed by atoms with Crippen LogP contribution in [-0.2, 0) is 0 Å². The molecule has 0 spiro atoms. The van der Waals surface area contributed by atoms with E-state index in [0.29, 0.717) is 12.0 Å². The van der Waals surface area contributed by atoms with Gasteiger partial charge in [-0.1, -0.05) is 31.2 Å². The molecule has 0 saturated heterocycles. The van der Waals surface area contributed by atoms with Crippen LogP contribution in [0.1, 0.15) is 12.5 Å². The molecule has 0 aromatic heterocycles. The third-order valence-electron chi connectivity index (χ3n) is 4.39. The van der Waals surface area contributed by atoms with Crippen molar-refractivity contribution in [3.8, 4) is 11.5 Å². The van der Waals surface area contributed by atoms with Crippen molar-refractivity contribution in [1.82, 2.24) is 5.32 Å². The molecular formula is C21H27NO2S2. The van der Waals surface area contributed by atoms with Gasteiger partial charge >= 0.3 is 0 Å². The summed E-state index contributed by atoms with van der Waals surface area (Å²) in [6.45, 7) is 6.17. The third-order valence-corrected chi connectivity index (χ3v) is 7.16. The van der Waals surface area contributed by atoms with Gasteiger partial charge < -0.3 is 14.8 Å². The molecule has 5 heteroatoms. The highest BCUT2D eigenvalue weighted by molar-refractivity contribution is 7.99. The molecule has 2 aromatic rings. The van der Waals surface area contributed by atoms with Crippen LogP contribution in [-0.4, -0.2) is 37.8 Å². The van der Waals surface area contributed by atoms with Crippen molar-refractivity contribution in [2.75, 3.05) is 31.8 Å². The summed E-state index contributed by atoms with van der Waals surface area (Å²) in [6.07, 6.45) is 0. The molecule has 1 aliphatic rings. The fraction of sp³-hybridized carbons (Fsp3) is 0.429. The van der Waals surface area contributed by atoms with Crippen molar-refractivity contribution in [1.29, 1.82) is 0 Å². The number of thioether (sulfide) groups is 2. The number of fused-ring (bicyclic) bond motifs is 1. The third kappa shape index (κ3) is 5.12. The van der Waals surface area contributed by atoms with Crippen LogP contribution in [0.25, 0.3) is 0 Å². The zero-order valence-electron chi connectivity index (χ0n) is 15.7. The Balaban J connectivity index is 1.45. The van der Waals surface area contributed by atoms with Gasteiger partial charge in [-0.05, 0) is 43.1 Å². The predicted octanol–water partition coefficient (Wildman–Crippen LogP) is 4.87. The van der Waals surface area contributed by atoms with E-state index in [0.717, 1.165) is 36.2 Å². The van der Waals surface area contributed by atoms with E-state index < -0.39 is 0 Å². The highest BCUT2D eigenvalue weighted by Gasteiger charge is 2.19. The molecule has 0 unspecified atom stereocenters. The summed E-state index contributed by atoms with van der Waals surface area (Å²) in [5.41, 5.74) is 1.30. The van der Waals surface area contributed by atoms with E-state index in [4.69, 9.17) is 9.47 Å². The van der Waals surface area contributed by atoms with Crippen molar-refractivity contribution in [2.24, 2.45) is 5.92 Å². The van der Waals surface area contributed by atoms with Crippen LogP contribution < -0.4 is 14.8 Å². The summed E-state index contributed by atoms with van der Waals surface area (Å²) >= 11 is 3.76. The Bertz CT molecular complexity index is 723. The maximum Gasteiger partial charge on any atom is 0.133 e. The summed E-state index contributed by atoms with van der Waals surface area (Å²) in [5.74, 6) is 4.66. The van der Waals surface area contributed by atoms with Crippen LogP contribution in [0.3, 0.4) is 0 Å². The van der Waals surface area contributed by atoms with Crippen molar-refractivity contribution >= 4 is 23.5 Å². The molecule has 3 nitrogen and oxygen atoms in total. The van der Waals surface area contributed by atoms with Gasteiger partial charge in [0.05, 0.1) is 18.0 Å². The summed E-state index contributed by atoms with van der Waals surface area (Å²) in [7, 11) is 1.73. The number of nitrogens with one attached hydrogen (secondary N) is 1. The molecule has 2 atom stereocenters. The first-order valence-electron chi connectivity index (χ1n) is 9.01. The number of rotatable bonds is 7. The van der Waals surface area contributed by atoms with Crippen LogP contribution in [0.15, 0.2) is 52.3 Å². The molecule has 0 radical (unpaired) electrons. The Labute approximate surface area is 165 Å². The monoisotopic (exact) mass is 389 g/mol. The van der Waals surface area contributed by atoms with Crippen LogP contribution in [0.2, 0.25) is 0 Å². The molecule has 0 fully saturated rings. The van der Waals surface area contributed by atoms with Crippen LogP contribution in [0.5, 0.6) is 11.5 Å². The van der Waals surface area contributed by atoms with Gasteiger partial charge in [-0.3, -0.25) is 0 Å². The number of aryl methyl sites for hydroxylation is 1. The summed E-state index contributed by atoms with van der Waals surface area (Å²) in [5, 5.41) is 3.69. The molecule has 140 valence electrons. The standard InChI is InChI=1S/C21H27NO2S2/c1-15(13-25-20-10-5-4-8-18(20)23-3)11-22-17-12-24-19-9-6-7-16(2)21(19)26-14-17/h4-10,15,17,22H,11-14H2,1-3H3/t15-,17+/m0/s1. The number of hydrogen-bond donors (Lipinski definition) is 1. The van der Waals surface area contributed by atoms with Gasteiger partial charge in [0.25, 0.3) is 0 Å². The number of benzene rings is 2. The van der Waals surface area contributed by atoms with Crippen molar-refractivity contribution in [3.05, 3.63) is 48.0 Å². The minimum Gasteiger partial charge on any atom is -0.496 e. The lowest BCUT2D eigenvalue weighted by molar-refractivity contribution is 0.270. The SMILES string of the molecule is COc1ccccc1SC[C@@H](C)CN[C@@H]1COc2cccc(C)c2SC1. The lowest BCUT2D eigenvalue weighted by Crippen LogP contribution is -2.39. The predicted molar refractivity (Wildman–Crippen MR) is 112 cm³/mol. The first kappa shape index (κ1) is 19.5. The van der Waals surface area contributed by atoms with Crippen LogP contribution >= 0.6 is 23.5 Å². The van der Waals surface area contributed by atoms with Gasteiger partial charge in [-0.15, -0.1) is 23.5 Å². The second-order valence-corrected chi connectivity index (χ2v) is 8.79. The average molecular weight is 390 g/mol. The zero-order valence-corrected chi connectivity index (χ0v) is 17.3. The number of para-hydroxylation sites is 1. The van der Waals surface area contributed by atoms with Gasteiger partial charge in [0.2, 0.25) is 0 Å². The average Bonchev–Trinajstić information content (AvgIpc) is 2.88. The summed E-state index contributed by atoms with van der Waals surface area (Å²) < 4.78 is 11.5. The fourth-order valence-electron chi connectivity index (χ4n) is 2.86. The summed E-state index contributed by atoms with van der Waals surface area (Å²) in [6, 6.07) is 14.9. The molecule has 0 saturated carbocycles. The molecule has 2 aromatic carbocycles. The normalized spacial score (nSPS) is 17.7. The van der Waals surface area contributed by atoms with Gasteiger partial charge in [-0.25, -0.2) is 0 Å². The first-order chi connectivity index (χ1) is 12.7. The Hall–Kier alpha value is -1.30. The van der Waals surface area contributed by atoms with Gasteiger partial charge in [0, 0.05) is 16.4 Å². The van der Waals surface area contributed by atoms with E-state index >= 15 is 0 Å². The molecule has 1 N–H and O–H groups in total. The highest BCUT2D eigenvalue weighted by Crippen LogP contribution is 2.35. The van der Waals surface area contributed by atoms with Gasteiger partial charge in [0.15, 0.2) is 0 Å². The fourth-order valence-corrected chi connectivity index (χ4v) is 5.06. The van der Waals surface area contributed by atoms with Crippen LogP contribution in [0, 0.1) is 12.8 Å². The van der Waals surface area contributed by atoms with Crippen molar-refractivity contribution < 1.29 is 9.47 Å². The van der Waals surface area contributed by atoms with Crippen molar-refractivity contribution in [2.45, 2.75) is 29.7 Å². The smallest absolute Gasteiger partial charge is 0.133 e. The van der Waals surface area contributed by atoms with E-state index in [1.807, 2.05) is 35.7 Å². The maximum atomic E-state index is 6.03. The van der Waals surface area contributed by atoms with Crippen molar-refractivity contribution in [3.63, 3.8) is 0 Å². The van der Waals surface area contributed by atoms with Crippen LogP contribution in [0.4, 0.5) is 0 Å². The Morgan fingerprint density at radius 3 is 2.96 bits per heavy atom. The van der Waals surface area contributed by atoms with E-state index in [1.54, 1.807) is 7.11 Å².